The molecule has 0 aliphatic rings. The summed E-state index contributed by atoms with van der Waals surface area (Å²) in [6.07, 6.45) is -0.0812. The van der Waals surface area contributed by atoms with Crippen molar-refractivity contribution in [3.8, 4) is 0 Å². The third-order valence-corrected chi connectivity index (χ3v) is 4.14. The zero-order valence-corrected chi connectivity index (χ0v) is 12.2. The van der Waals surface area contributed by atoms with E-state index in [0.717, 1.165) is 9.79 Å². The summed E-state index contributed by atoms with van der Waals surface area (Å²) in [5.41, 5.74) is 0.655. The van der Waals surface area contributed by atoms with Gasteiger partial charge in [-0.1, -0.05) is 29.4 Å². The number of carboxylic acid groups (broad SMARTS) is 1. The molecule has 0 saturated carbocycles. The van der Waals surface area contributed by atoms with E-state index in [4.69, 9.17) is 16.7 Å². The van der Waals surface area contributed by atoms with Crippen LogP contribution in [0.15, 0.2) is 52.3 Å². The second-order valence-corrected chi connectivity index (χ2v) is 5.71. The highest BCUT2D eigenvalue weighted by Gasteiger charge is 2.08. The first-order chi connectivity index (χ1) is 9.95. The lowest BCUT2D eigenvalue weighted by atomic mass is 10.1. The number of carbonyl (C=O) groups is 1. The van der Waals surface area contributed by atoms with Gasteiger partial charge in [0.05, 0.1) is 16.4 Å². The van der Waals surface area contributed by atoms with Gasteiger partial charge < -0.3 is 5.11 Å². The third kappa shape index (κ3) is 4.21. The number of benzene rings is 2. The van der Waals surface area contributed by atoms with E-state index in [-0.39, 0.29) is 12.1 Å². The first-order valence-corrected chi connectivity index (χ1v) is 7.07. The van der Waals surface area contributed by atoms with Gasteiger partial charge >= 0.3 is 5.97 Å². The number of hydrogen-bond donors (Lipinski definition) is 1. The Hall–Kier alpha value is -2.05. The molecule has 1 N–H and O–H groups in total. The minimum Gasteiger partial charge on any atom is -0.481 e. The quantitative estimate of drug-likeness (QED) is 0.663. The standard InChI is InChI=1S/C14H10ClNO4S/c15-12-7-9(8-14(17)18)1-6-13(12)21-11-4-2-10(3-5-11)16(19)20/h1-7H,8H2,(H,17,18). The molecule has 2 aromatic rings. The number of nitro groups is 1. The molecule has 0 unspecified atom stereocenters. The first-order valence-electron chi connectivity index (χ1n) is 5.88. The molecule has 5 nitrogen and oxygen atoms in total. The Labute approximate surface area is 129 Å². The Morgan fingerprint density at radius 3 is 2.43 bits per heavy atom. The van der Waals surface area contributed by atoms with Crippen LogP contribution in [0.1, 0.15) is 5.56 Å². The van der Waals surface area contributed by atoms with Gasteiger partial charge in [-0.05, 0) is 29.8 Å². The second-order valence-electron chi connectivity index (χ2n) is 4.19. The fourth-order valence-electron chi connectivity index (χ4n) is 1.67. The highest BCUT2D eigenvalue weighted by Crippen LogP contribution is 2.34. The molecule has 2 rings (SSSR count). The van der Waals surface area contributed by atoms with Crippen molar-refractivity contribution in [2.45, 2.75) is 16.2 Å². The van der Waals surface area contributed by atoms with E-state index in [1.54, 1.807) is 30.3 Å². The van der Waals surface area contributed by atoms with Crippen LogP contribution in [0.2, 0.25) is 5.02 Å². The van der Waals surface area contributed by atoms with Gasteiger partial charge in [-0.2, -0.15) is 0 Å². The number of non-ortho nitro benzene ring substituents is 1. The molecule has 108 valence electrons. The smallest absolute Gasteiger partial charge is 0.307 e. The van der Waals surface area contributed by atoms with Crippen molar-refractivity contribution in [1.82, 2.24) is 0 Å². The van der Waals surface area contributed by atoms with E-state index < -0.39 is 10.9 Å². The van der Waals surface area contributed by atoms with Crippen LogP contribution in [0.25, 0.3) is 0 Å². The molecule has 0 aliphatic heterocycles. The Morgan fingerprint density at radius 2 is 1.90 bits per heavy atom. The van der Waals surface area contributed by atoms with E-state index in [2.05, 4.69) is 0 Å². The van der Waals surface area contributed by atoms with Gasteiger partial charge in [0.1, 0.15) is 0 Å². The number of aliphatic carboxylic acids is 1. The van der Waals surface area contributed by atoms with Crippen LogP contribution >= 0.6 is 23.4 Å². The molecule has 0 spiro atoms. The maximum Gasteiger partial charge on any atom is 0.307 e. The lowest BCUT2D eigenvalue weighted by Crippen LogP contribution is -1.99. The van der Waals surface area contributed by atoms with Crippen LogP contribution in [0.4, 0.5) is 5.69 Å². The van der Waals surface area contributed by atoms with E-state index in [9.17, 15) is 14.9 Å². The van der Waals surface area contributed by atoms with E-state index in [0.29, 0.717) is 10.6 Å². The molecule has 7 heteroatoms. The van der Waals surface area contributed by atoms with E-state index >= 15 is 0 Å². The molecular weight excluding hydrogens is 314 g/mol. The molecule has 0 amide bonds. The van der Waals surface area contributed by atoms with Crippen molar-refractivity contribution < 1.29 is 14.8 Å². The number of rotatable bonds is 5. The predicted octanol–water partition coefficient (Wildman–Crippen LogP) is 4.03. The minimum absolute atomic E-state index is 0.0299. The summed E-state index contributed by atoms with van der Waals surface area (Å²) >= 11 is 7.48. The summed E-state index contributed by atoms with van der Waals surface area (Å²) in [5.74, 6) is -0.915. The SMILES string of the molecule is O=C(O)Cc1ccc(Sc2ccc([N+](=O)[O-])cc2)c(Cl)c1. The highest BCUT2D eigenvalue weighted by molar-refractivity contribution is 7.99. The Bertz CT molecular complexity index is 688. The zero-order chi connectivity index (χ0) is 15.4. The van der Waals surface area contributed by atoms with Gasteiger partial charge in [0, 0.05) is 21.9 Å². The van der Waals surface area contributed by atoms with Crippen LogP contribution in [0, 0.1) is 10.1 Å². The molecule has 0 atom stereocenters. The number of hydrogen-bond acceptors (Lipinski definition) is 4. The van der Waals surface area contributed by atoms with Crippen molar-refractivity contribution in [2.24, 2.45) is 0 Å². The molecule has 0 aliphatic carbocycles. The van der Waals surface area contributed by atoms with Gasteiger partial charge in [0.25, 0.3) is 5.69 Å². The monoisotopic (exact) mass is 323 g/mol. The van der Waals surface area contributed by atoms with Gasteiger partial charge in [-0.15, -0.1) is 0 Å². The molecule has 0 fully saturated rings. The molecule has 0 heterocycles. The van der Waals surface area contributed by atoms with Crippen LogP contribution in [-0.4, -0.2) is 16.0 Å². The van der Waals surface area contributed by atoms with Gasteiger partial charge in [0.2, 0.25) is 0 Å². The normalized spacial score (nSPS) is 10.3. The summed E-state index contributed by atoms with van der Waals surface area (Å²) in [7, 11) is 0. The number of nitrogens with zero attached hydrogens (tertiary/aromatic N) is 1. The van der Waals surface area contributed by atoms with Crippen LogP contribution in [0.3, 0.4) is 0 Å². The third-order valence-electron chi connectivity index (χ3n) is 2.63. The molecule has 2 aromatic carbocycles. The maximum atomic E-state index is 10.6. The van der Waals surface area contributed by atoms with E-state index in [1.165, 1.54) is 23.9 Å². The van der Waals surface area contributed by atoms with Crippen molar-refractivity contribution in [3.63, 3.8) is 0 Å². The number of halogens is 1. The fourth-order valence-corrected chi connectivity index (χ4v) is 2.81. The average molecular weight is 324 g/mol. The molecule has 0 bridgehead atoms. The molecule has 0 aromatic heterocycles. The Morgan fingerprint density at radius 1 is 1.24 bits per heavy atom. The largest absolute Gasteiger partial charge is 0.481 e. The molecule has 21 heavy (non-hydrogen) atoms. The summed E-state index contributed by atoms with van der Waals surface area (Å²) < 4.78 is 0. The van der Waals surface area contributed by atoms with Crippen LogP contribution in [-0.2, 0) is 11.2 Å². The summed E-state index contributed by atoms with van der Waals surface area (Å²) in [6.45, 7) is 0. The number of nitro benzene ring substituents is 1. The molecule has 0 radical (unpaired) electrons. The van der Waals surface area contributed by atoms with Crippen LogP contribution < -0.4 is 0 Å². The lowest BCUT2D eigenvalue weighted by molar-refractivity contribution is -0.384. The highest BCUT2D eigenvalue weighted by atomic mass is 35.5. The van der Waals surface area contributed by atoms with Crippen molar-refractivity contribution >= 4 is 35.0 Å². The summed E-state index contributed by atoms with van der Waals surface area (Å²) in [4.78, 5) is 22.3. The van der Waals surface area contributed by atoms with Gasteiger partial charge in [-0.25, -0.2) is 0 Å². The van der Waals surface area contributed by atoms with Gasteiger partial charge in [-0.3, -0.25) is 14.9 Å². The average Bonchev–Trinajstić information content (AvgIpc) is 2.42. The molecular formula is C14H10ClNO4S. The Balaban J connectivity index is 2.15. The van der Waals surface area contributed by atoms with E-state index in [1.807, 2.05) is 0 Å². The predicted molar refractivity (Wildman–Crippen MR) is 80.0 cm³/mol. The van der Waals surface area contributed by atoms with Crippen LogP contribution in [0.5, 0.6) is 0 Å². The van der Waals surface area contributed by atoms with Crippen molar-refractivity contribution in [3.05, 3.63) is 63.2 Å². The maximum absolute atomic E-state index is 10.6. The fraction of sp³-hybridized carbons (Fsp3) is 0.0714. The molecule has 0 saturated heterocycles. The van der Waals surface area contributed by atoms with Crippen molar-refractivity contribution in [2.75, 3.05) is 0 Å². The zero-order valence-electron chi connectivity index (χ0n) is 10.7. The van der Waals surface area contributed by atoms with Gasteiger partial charge in [0.15, 0.2) is 0 Å². The minimum atomic E-state index is -0.915. The summed E-state index contributed by atoms with van der Waals surface area (Å²) in [5, 5.41) is 19.8. The second kappa shape index (κ2) is 6.60. The lowest BCUT2D eigenvalue weighted by Gasteiger charge is -2.06. The number of carboxylic acids is 1. The topological polar surface area (TPSA) is 80.4 Å². The Kier molecular flexibility index (Phi) is 4.82. The summed E-state index contributed by atoms with van der Waals surface area (Å²) in [6, 6.07) is 11.2. The van der Waals surface area contributed by atoms with Crippen molar-refractivity contribution in [1.29, 1.82) is 0 Å². The first kappa shape index (κ1) is 15.3.